The van der Waals surface area contributed by atoms with Crippen molar-refractivity contribution in [1.29, 1.82) is 0 Å². The number of nitro groups is 1. The summed E-state index contributed by atoms with van der Waals surface area (Å²) in [7, 11) is 1.23. The third kappa shape index (κ3) is 4.97. The number of benzene rings is 1. The van der Waals surface area contributed by atoms with Crippen molar-refractivity contribution in [2.45, 2.75) is 19.8 Å². The molecule has 0 aromatic heterocycles. The zero-order valence-electron chi connectivity index (χ0n) is 18.5. The summed E-state index contributed by atoms with van der Waals surface area (Å²) >= 11 is 0. The summed E-state index contributed by atoms with van der Waals surface area (Å²) in [5.41, 5.74) is 1.28. The monoisotopic (exact) mass is 444 g/mol. The summed E-state index contributed by atoms with van der Waals surface area (Å²) in [5, 5.41) is 18.0. The fourth-order valence-electron chi connectivity index (χ4n) is 4.13. The minimum Gasteiger partial charge on any atom is -0.466 e. The molecule has 1 atom stereocenters. The summed E-state index contributed by atoms with van der Waals surface area (Å²) < 4.78 is 10.5. The van der Waals surface area contributed by atoms with Crippen molar-refractivity contribution in [3.63, 3.8) is 0 Å². The summed E-state index contributed by atoms with van der Waals surface area (Å²) in [6, 6.07) is 6.08. The lowest BCUT2D eigenvalue weighted by atomic mass is 9.79. The summed E-state index contributed by atoms with van der Waals surface area (Å²) in [5.74, 6) is -2.28. The van der Waals surface area contributed by atoms with E-state index in [1.54, 1.807) is 32.0 Å². The number of nitrogens with one attached hydrogen (secondary N) is 2. The average Bonchev–Trinajstić information content (AvgIpc) is 2.78. The summed E-state index contributed by atoms with van der Waals surface area (Å²) in [6.45, 7) is 7.62. The largest absolute Gasteiger partial charge is 0.466 e. The van der Waals surface area contributed by atoms with Crippen LogP contribution >= 0.6 is 0 Å². The maximum absolute atomic E-state index is 13.2. The third-order valence-corrected chi connectivity index (χ3v) is 5.68. The number of para-hydroxylation sites is 1. The Bertz CT molecular complexity index is 965. The number of esters is 2. The van der Waals surface area contributed by atoms with E-state index < -0.39 is 22.8 Å². The number of nitrogens with zero attached hydrogens (tertiary/aromatic N) is 2. The van der Waals surface area contributed by atoms with E-state index in [0.717, 1.165) is 26.2 Å². The van der Waals surface area contributed by atoms with Crippen LogP contribution in [0, 0.1) is 10.1 Å². The molecule has 32 heavy (non-hydrogen) atoms. The molecule has 1 fully saturated rings. The predicted molar refractivity (Wildman–Crippen MR) is 117 cm³/mol. The van der Waals surface area contributed by atoms with E-state index in [1.165, 1.54) is 13.2 Å². The Balaban J connectivity index is 1.95. The summed E-state index contributed by atoms with van der Waals surface area (Å²) in [4.78, 5) is 39.2. The molecule has 0 spiro atoms. The van der Waals surface area contributed by atoms with Crippen molar-refractivity contribution in [2.24, 2.45) is 0 Å². The Morgan fingerprint density at radius 1 is 1.12 bits per heavy atom. The lowest BCUT2D eigenvalue weighted by molar-refractivity contribution is -0.385. The van der Waals surface area contributed by atoms with Crippen LogP contribution < -0.4 is 10.6 Å². The molecule has 0 radical (unpaired) electrons. The number of rotatable bonds is 7. The van der Waals surface area contributed by atoms with Crippen molar-refractivity contribution >= 4 is 17.6 Å². The first-order valence-corrected chi connectivity index (χ1v) is 10.5. The maximum Gasteiger partial charge on any atom is 0.336 e. The van der Waals surface area contributed by atoms with Gasteiger partial charge in [0.25, 0.3) is 5.69 Å². The van der Waals surface area contributed by atoms with Crippen LogP contribution in [0.4, 0.5) is 5.69 Å². The van der Waals surface area contributed by atoms with Gasteiger partial charge in [0.05, 0.1) is 29.1 Å². The van der Waals surface area contributed by atoms with E-state index in [4.69, 9.17) is 9.47 Å². The van der Waals surface area contributed by atoms with Crippen LogP contribution in [-0.4, -0.2) is 68.2 Å². The van der Waals surface area contributed by atoms with Crippen LogP contribution in [0.5, 0.6) is 0 Å². The van der Waals surface area contributed by atoms with Gasteiger partial charge in [-0.25, -0.2) is 9.59 Å². The highest BCUT2D eigenvalue weighted by molar-refractivity contribution is 6.00. The highest BCUT2D eigenvalue weighted by Crippen LogP contribution is 2.42. The average molecular weight is 444 g/mol. The molecule has 0 saturated carbocycles. The van der Waals surface area contributed by atoms with E-state index in [2.05, 4.69) is 15.5 Å². The molecule has 10 nitrogen and oxygen atoms in total. The maximum atomic E-state index is 13.2. The van der Waals surface area contributed by atoms with Crippen molar-refractivity contribution in [2.75, 3.05) is 46.4 Å². The second kappa shape index (κ2) is 10.4. The molecule has 0 aliphatic carbocycles. The Morgan fingerprint density at radius 3 is 2.38 bits per heavy atom. The fourth-order valence-corrected chi connectivity index (χ4v) is 4.13. The van der Waals surface area contributed by atoms with Gasteiger partial charge in [-0.2, -0.15) is 0 Å². The van der Waals surface area contributed by atoms with E-state index in [1.807, 2.05) is 0 Å². The number of methoxy groups -OCH3 is 1. The number of carbonyl (C=O) groups excluding carboxylic acids is 2. The molecule has 1 aromatic rings. The second-order valence-corrected chi connectivity index (χ2v) is 7.67. The van der Waals surface area contributed by atoms with Gasteiger partial charge >= 0.3 is 11.9 Å². The van der Waals surface area contributed by atoms with Gasteiger partial charge in [-0.3, -0.25) is 15.0 Å². The van der Waals surface area contributed by atoms with Crippen molar-refractivity contribution < 1.29 is 24.0 Å². The number of nitro benzene ring substituents is 1. The molecule has 2 heterocycles. The highest BCUT2D eigenvalue weighted by atomic mass is 16.6. The number of dihydropyridines is 1. The normalized spacial score (nSPS) is 19.4. The molecule has 2 N–H and O–H groups in total. The first-order valence-electron chi connectivity index (χ1n) is 10.5. The Kier molecular flexibility index (Phi) is 7.60. The van der Waals surface area contributed by atoms with Crippen LogP contribution in [-0.2, 0) is 19.1 Å². The van der Waals surface area contributed by atoms with Crippen molar-refractivity contribution in [3.8, 4) is 0 Å². The second-order valence-electron chi connectivity index (χ2n) is 7.67. The lowest BCUT2D eigenvalue weighted by Crippen LogP contribution is -2.44. The minimum atomic E-state index is -0.989. The Hall–Kier alpha value is -3.24. The van der Waals surface area contributed by atoms with Crippen LogP contribution in [0.3, 0.4) is 0 Å². The molecule has 1 unspecified atom stereocenters. The first kappa shape index (κ1) is 23.4. The number of ether oxygens (including phenoxy) is 2. The van der Waals surface area contributed by atoms with Gasteiger partial charge in [0.1, 0.15) is 6.61 Å². The standard InChI is InChI=1S/C22H28N4O6/c1-14-18(21(27)31-3)20(16-6-4-5-7-17(16)26(29)30)19(15(2)24-14)22(28)32-13-12-25-10-8-23-9-11-25/h4-7,20,23-24H,8-13H2,1-3H3. The number of piperazine rings is 1. The Labute approximate surface area is 186 Å². The molecule has 0 bridgehead atoms. The quantitative estimate of drug-likeness (QED) is 0.365. The molecule has 1 aromatic carbocycles. The van der Waals surface area contributed by atoms with Gasteiger partial charge in [-0.15, -0.1) is 0 Å². The fraction of sp³-hybridized carbons (Fsp3) is 0.455. The molecule has 3 rings (SSSR count). The number of hydrogen-bond acceptors (Lipinski definition) is 9. The van der Waals surface area contributed by atoms with Crippen LogP contribution in [0.2, 0.25) is 0 Å². The molecule has 10 heteroatoms. The number of carbonyl (C=O) groups is 2. The Morgan fingerprint density at radius 2 is 1.75 bits per heavy atom. The smallest absolute Gasteiger partial charge is 0.336 e. The SMILES string of the molecule is COC(=O)C1=C(C)NC(C)=C(C(=O)OCCN2CCNCC2)C1c1ccccc1[N+](=O)[O-]. The van der Waals surface area contributed by atoms with E-state index in [-0.39, 0.29) is 29.0 Å². The van der Waals surface area contributed by atoms with Gasteiger partial charge in [0.15, 0.2) is 0 Å². The van der Waals surface area contributed by atoms with E-state index in [0.29, 0.717) is 17.9 Å². The van der Waals surface area contributed by atoms with Gasteiger partial charge in [0.2, 0.25) is 0 Å². The predicted octanol–water partition coefficient (Wildman–Crippen LogP) is 1.45. The van der Waals surface area contributed by atoms with Crippen LogP contribution in [0.25, 0.3) is 0 Å². The molecular weight excluding hydrogens is 416 g/mol. The molecule has 0 amide bonds. The van der Waals surface area contributed by atoms with Gasteiger partial charge in [-0.05, 0) is 13.8 Å². The van der Waals surface area contributed by atoms with Crippen LogP contribution in [0.1, 0.15) is 25.3 Å². The molecule has 1 saturated heterocycles. The van der Waals surface area contributed by atoms with Gasteiger partial charge in [0, 0.05) is 55.7 Å². The lowest BCUT2D eigenvalue weighted by Gasteiger charge is -2.30. The minimum absolute atomic E-state index is 0.140. The number of allylic oxidation sites excluding steroid dienone is 2. The topological polar surface area (TPSA) is 123 Å². The first-order chi connectivity index (χ1) is 15.3. The molecule has 172 valence electrons. The van der Waals surface area contributed by atoms with Crippen molar-refractivity contribution in [1.82, 2.24) is 15.5 Å². The molecular formula is C22H28N4O6. The van der Waals surface area contributed by atoms with Gasteiger partial charge < -0.3 is 20.1 Å². The van der Waals surface area contributed by atoms with E-state index >= 15 is 0 Å². The number of hydrogen-bond donors (Lipinski definition) is 2. The third-order valence-electron chi connectivity index (χ3n) is 5.68. The zero-order chi connectivity index (χ0) is 23.3. The summed E-state index contributed by atoms with van der Waals surface area (Å²) in [6.07, 6.45) is 0. The highest BCUT2D eigenvalue weighted by Gasteiger charge is 2.40. The van der Waals surface area contributed by atoms with Crippen molar-refractivity contribution in [3.05, 3.63) is 62.5 Å². The van der Waals surface area contributed by atoms with Gasteiger partial charge in [-0.1, -0.05) is 18.2 Å². The molecule has 2 aliphatic heterocycles. The molecule has 2 aliphatic rings. The van der Waals surface area contributed by atoms with E-state index in [9.17, 15) is 19.7 Å². The van der Waals surface area contributed by atoms with Crippen LogP contribution in [0.15, 0.2) is 46.8 Å². The zero-order valence-corrected chi connectivity index (χ0v) is 18.5.